The van der Waals surface area contributed by atoms with Crippen molar-refractivity contribution in [3.63, 3.8) is 0 Å². The average Bonchev–Trinajstić information content (AvgIpc) is 2.71. The van der Waals surface area contributed by atoms with E-state index < -0.39 is 24.0 Å². The first-order valence-corrected chi connectivity index (χ1v) is 9.22. The van der Waals surface area contributed by atoms with E-state index in [0.717, 1.165) is 5.56 Å². The lowest BCUT2D eigenvalue weighted by atomic mass is 9.90. The predicted molar refractivity (Wildman–Crippen MR) is 110 cm³/mol. The van der Waals surface area contributed by atoms with Crippen molar-refractivity contribution < 1.29 is 19.1 Å². The molecule has 0 heterocycles. The molecule has 29 heavy (non-hydrogen) atoms. The quantitative estimate of drug-likeness (QED) is 0.540. The fraction of sp³-hybridized carbons (Fsp3) is 0.261. The summed E-state index contributed by atoms with van der Waals surface area (Å²) in [6, 6.07) is 18.7. The Morgan fingerprint density at radius 3 is 2.48 bits per heavy atom. The first-order valence-electron chi connectivity index (χ1n) is 9.22. The van der Waals surface area contributed by atoms with Crippen LogP contribution in [0, 0.1) is 17.2 Å². The number of nitrogens with zero attached hydrogens (tertiary/aromatic N) is 1. The number of hydrogen-bond acceptors (Lipinski definition) is 5. The van der Waals surface area contributed by atoms with Gasteiger partial charge in [-0.15, -0.1) is 0 Å². The fourth-order valence-corrected chi connectivity index (χ4v) is 2.28. The minimum absolute atomic E-state index is 0.0857. The van der Waals surface area contributed by atoms with Crippen molar-refractivity contribution in [2.45, 2.75) is 26.3 Å². The highest BCUT2D eigenvalue weighted by Gasteiger charge is 2.30. The van der Waals surface area contributed by atoms with Gasteiger partial charge < -0.3 is 14.8 Å². The number of rotatable bonds is 8. The Labute approximate surface area is 170 Å². The van der Waals surface area contributed by atoms with Crippen molar-refractivity contribution in [1.82, 2.24) is 5.32 Å². The molecule has 6 heteroatoms. The third-order valence-corrected chi connectivity index (χ3v) is 4.38. The number of nitrogens with one attached hydrogen (secondary N) is 1. The molecule has 2 aromatic rings. The van der Waals surface area contributed by atoms with E-state index in [2.05, 4.69) is 11.4 Å². The third kappa shape index (κ3) is 6.82. The number of carbonyl (C=O) groups is 2. The van der Waals surface area contributed by atoms with Gasteiger partial charge in [-0.2, -0.15) is 5.26 Å². The number of nitriles is 1. The highest BCUT2D eigenvalue weighted by atomic mass is 16.5. The van der Waals surface area contributed by atoms with E-state index in [1.54, 1.807) is 19.1 Å². The molecule has 0 saturated carbocycles. The lowest BCUT2D eigenvalue weighted by Crippen LogP contribution is -2.50. The highest BCUT2D eigenvalue weighted by molar-refractivity contribution is 5.89. The minimum Gasteiger partial charge on any atom is -0.457 e. The Morgan fingerprint density at radius 1 is 1.14 bits per heavy atom. The summed E-state index contributed by atoms with van der Waals surface area (Å²) in [5, 5.41) is 11.8. The van der Waals surface area contributed by atoms with Gasteiger partial charge in [0.25, 0.3) is 5.91 Å². The minimum atomic E-state index is -1.02. The average molecular weight is 392 g/mol. The van der Waals surface area contributed by atoms with Crippen molar-refractivity contribution in [3.8, 4) is 17.6 Å². The van der Waals surface area contributed by atoms with E-state index in [4.69, 9.17) is 9.47 Å². The summed E-state index contributed by atoms with van der Waals surface area (Å²) in [7, 11) is 0. The van der Waals surface area contributed by atoms with Crippen molar-refractivity contribution in [2.75, 3.05) is 6.61 Å². The number of esters is 1. The topological polar surface area (TPSA) is 88.4 Å². The number of carbonyl (C=O) groups excluding carboxylic acids is 2. The molecule has 0 bridgehead atoms. The first-order chi connectivity index (χ1) is 13.8. The largest absolute Gasteiger partial charge is 0.457 e. The van der Waals surface area contributed by atoms with Crippen LogP contribution in [0.1, 0.15) is 26.3 Å². The first kappa shape index (κ1) is 21.7. The molecule has 0 aliphatic carbocycles. The summed E-state index contributed by atoms with van der Waals surface area (Å²) in [6.07, 6.45) is 2.81. The molecule has 0 fully saturated rings. The van der Waals surface area contributed by atoms with Gasteiger partial charge in [-0.25, -0.2) is 4.79 Å². The molecule has 1 atom stereocenters. The molecular weight excluding hydrogens is 368 g/mol. The van der Waals surface area contributed by atoms with Gasteiger partial charge in [-0.05, 0) is 48.7 Å². The van der Waals surface area contributed by atoms with Crippen LogP contribution >= 0.6 is 0 Å². The second-order valence-electron chi connectivity index (χ2n) is 6.95. The zero-order valence-electron chi connectivity index (χ0n) is 16.7. The maximum absolute atomic E-state index is 11.9. The van der Waals surface area contributed by atoms with E-state index in [0.29, 0.717) is 11.5 Å². The molecular formula is C23H24N2O4. The van der Waals surface area contributed by atoms with E-state index in [-0.39, 0.29) is 5.92 Å². The molecule has 1 amide bonds. The summed E-state index contributed by atoms with van der Waals surface area (Å²) in [4.78, 5) is 23.8. The van der Waals surface area contributed by atoms with E-state index in [1.807, 2.05) is 62.4 Å². The van der Waals surface area contributed by atoms with Crippen molar-refractivity contribution >= 4 is 18.0 Å². The maximum atomic E-state index is 11.9. The zero-order valence-corrected chi connectivity index (χ0v) is 16.7. The summed E-state index contributed by atoms with van der Waals surface area (Å²) in [5.41, 5.74) is -0.268. The van der Waals surface area contributed by atoms with Crippen LogP contribution in [0.3, 0.4) is 0 Å². The summed E-state index contributed by atoms with van der Waals surface area (Å²) in [6.45, 7) is 4.83. The number of para-hydroxylation sites is 1. The Bertz CT molecular complexity index is 916. The van der Waals surface area contributed by atoms with Crippen LogP contribution in [0.5, 0.6) is 11.5 Å². The van der Waals surface area contributed by atoms with Gasteiger partial charge in [0.1, 0.15) is 17.0 Å². The Morgan fingerprint density at radius 2 is 1.83 bits per heavy atom. The fourth-order valence-electron chi connectivity index (χ4n) is 2.28. The molecule has 0 aromatic heterocycles. The maximum Gasteiger partial charge on any atom is 0.331 e. The number of amides is 1. The van der Waals surface area contributed by atoms with Gasteiger partial charge in [0.05, 0.1) is 6.07 Å². The van der Waals surface area contributed by atoms with Crippen LogP contribution in [0.15, 0.2) is 60.7 Å². The lowest BCUT2D eigenvalue weighted by Gasteiger charge is -2.27. The van der Waals surface area contributed by atoms with Crippen LogP contribution in [0.2, 0.25) is 0 Å². The van der Waals surface area contributed by atoms with Crippen LogP contribution in [-0.2, 0) is 14.3 Å². The van der Waals surface area contributed by atoms with Crippen LogP contribution in [0.4, 0.5) is 0 Å². The number of ether oxygens (including phenoxy) is 2. The summed E-state index contributed by atoms with van der Waals surface area (Å²) in [5.74, 6) is 0.0818. The van der Waals surface area contributed by atoms with Gasteiger partial charge in [0, 0.05) is 6.08 Å². The predicted octanol–water partition coefficient (Wildman–Crippen LogP) is 4.09. The Kier molecular flexibility index (Phi) is 7.55. The Balaban J connectivity index is 1.88. The van der Waals surface area contributed by atoms with Gasteiger partial charge in [-0.1, -0.05) is 44.2 Å². The molecule has 1 unspecified atom stereocenters. The summed E-state index contributed by atoms with van der Waals surface area (Å²) < 4.78 is 10.7. The second-order valence-corrected chi connectivity index (χ2v) is 6.95. The van der Waals surface area contributed by atoms with Gasteiger partial charge in [-0.3, -0.25) is 4.79 Å². The molecule has 6 nitrogen and oxygen atoms in total. The molecule has 0 aliphatic rings. The van der Waals surface area contributed by atoms with Gasteiger partial charge in [0.15, 0.2) is 6.61 Å². The lowest BCUT2D eigenvalue weighted by molar-refractivity contribution is -0.144. The zero-order chi connectivity index (χ0) is 21.3. The number of hydrogen-bond donors (Lipinski definition) is 1. The third-order valence-electron chi connectivity index (χ3n) is 4.38. The van der Waals surface area contributed by atoms with Crippen LogP contribution in [-0.4, -0.2) is 24.0 Å². The molecule has 150 valence electrons. The van der Waals surface area contributed by atoms with Crippen molar-refractivity contribution in [2.24, 2.45) is 5.92 Å². The summed E-state index contributed by atoms with van der Waals surface area (Å²) >= 11 is 0. The van der Waals surface area contributed by atoms with E-state index in [9.17, 15) is 14.9 Å². The van der Waals surface area contributed by atoms with E-state index in [1.165, 1.54) is 6.08 Å². The second kappa shape index (κ2) is 10.1. The highest BCUT2D eigenvalue weighted by Crippen LogP contribution is 2.22. The normalized spacial score (nSPS) is 12.8. The van der Waals surface area contributed by atoms with Crippen molar-refractivity contribution in [3.05, 3.63) is 66.2 Å². The number of benzene rings is 2. The molecule has 1 N–H and O–H groups in total. The SMILES string of the molecule is CC(C)C(C)(C#N)NC(=O)COC(=O)C=Cc1cccc(Oc2ccccc2)c1. The smallest absolute Gasteiger partial charge is 0.331 e. The Hall–Kier alpha value is -3.59. The van der Waals surface area contributed by atoms with Gasteiger partial charge in [0.2, 0.25) is 0 Å². The van der Waals surface area contributed by atoms with Crippen molar-refractivity contribution in [1.29, 1.82) is 5.26 Å². The van der Waals surface area contributed by atoms with Crippen LogP contribution < -0.4 is 10.1 Å². The monoisotopic (exact) mass is 392 g/mol. The molecule has 0 spiro atoms. The molecule has 0 radical (unpaired) electrons. The van der Waals surface area contributed by atoms with E-state index >= 15 is 0 Å². The van der Waals surface area contributed by atoms with Crippen LogP contribution in [0.25, 0.3) is 6.08 Å². The molecule has 2 rings (SSSR count). The van der Waals surface area contributed by atoms with Gasteiger partial charge >= 0.3 is 5.97 Å². The molecule has 0 saturated heterocycles. The molecule has 0 aliphatic heterocycles. The standard InChI is InChI=1S/C23H24N2O4/c1-17(2)23(3,16-24)25-21(26)15-28-22(27)13-12-18-8-7-11-20(14-18)29-19-9-5-4-6-10-19/h4-14,17H,15H2,1-3H3,(H,25,26). The molecule has 2 aromatic carbocycles.